The largest absolute Gasteiger partial charge is 0.384 e. The molecule has 1 heterocycles. The minimum atomic E-state index is 0.220. The fourth-order valence-corrected chi connectivity index (χ4v) is 1.39. The van der Waals surface area contributed by atoms with Gasteiger partial charge in [-0.25, -0.2) is 4.98 Å². The standard InChI is InChI=1S/C10H12BrN3/c1-3-4-7(2)14-9-5-10(12)13-6-8(9)11/h1,5-7H,4H2,2H3,(H3,12,13,14). The van der Waals surface area contributed by atoms with E-state index in [2.05, 4.69) is 32.2 Å². The Balaban J connectivity index is 2.76. The molecule has 0 aromatic carbocycles. The van der Waals surface area contributed by atoms with Crippen molar-refractivity contribution in [2.24, 2.45) is 0 Å². The summed E-state index contributed by atoms with van der Waals surface area (Å²) in [6.07, 6.45) is 7.55. The number of anilines is 2. The van der Waals surface area contributed by atoms with E-state index < -0.39 is 0 Å². The van der Waals surface area contributed by atoms with Crippen LogP contribution in [-0.2, 0) is 0 Å². The van der Waals surface area contributed by atoms with E-state index in [1.165, 1.54) is 0 Å². The van der Waals surface area contributed by atoms with E-state index in [1.807, 2.05) is 6.92 Å². The molecule has 1 aromatic heterocycles. The Kier molecular flexibility index (Phi) is 3.78. The zero-order chi connectivity index (χ0) is 10.6. The summed E-state index contributed by atoms with van der Waals surface area (Å²) < 4.78 is 0.885. The van der Waals surface area contributed by atoms with Gasteiger partial charge >= 0.3 is 0 Å². The van der Waals surface area contributed by atoms with Crippen molar-refractivity contribution in [1.29, 1.82) is 0 Å². The highest BCUT2D eigenvalue weighted by molar-refractivity contribution is 9.10. The van der Waals surface area contributed by atoms with Gasteiger partial charge < -0.3 is 11.1 Å². The van der Waals surface area contributed by atoms with Gasteiger partial charge in [0.15, 0.2) is 0 Å². The van der Waals surface area contributed by atoms with Gasteiger partial charge in [-0.05, 0) is 22.9 Å². The molecule has 1 unspecified atom stereocenters. The van der Waals surface area contributed by atoms with Crippen molar-refractivity contribution in [3.63, 3.8) is 0 Å². The Morgan fingerprint density at radius 3 is 3.14 bits per heavy atom. The van der Waals surface area contributed by atoms with Crippen LogP contribution in [0.1, 0.15) is 13.3 Å². The normalized spacial score (nSPS) is 11.8. The predicted molar refractivity (Wildman–Crippen MR) is 62.9 cm³/mol. The monoisotopic (exact) mass is 253 g/mol. The molecule has 1 atom stereocenters. The summed E-state index contributed by atoms with van der Waals surface area (Å²) in [4.78, 5) is 3.94. The first-order valence-electron chi connectivity index (χ1n) is 4.24. The Labute approximate surface area is 92.2 Å². The molecule has 74 valence electrons. The highest BCUT2D eigenvalue weighted by atomic mass is 79.9. The molecule has 0 fully saturated rings. The summed E-state index contributed by atoms with van der Waals surface area (Å²) in [5.41, 5.74) is 6.48. The molecule has 0 radical (unpaired) electrons. The molecule has 3 N–H and O–H groups in total. The van der Waals surface area contributed by atoms with E-state index >= 15 is 0 Å². The van der Waals surface area contributed by atoms with Gasteiger partial charge in [0.1, 0.15) is 5.82 Å². The lowest BCUT2D eigenvalue weighted by atomic mass is 10.2. The maximum Gasteiger partial charge on any atom is 0.125 e. The first-order chi connectivity index (χ1) is 6.63. The molecule has 0 spiro atoms. The number of nitrogen functional groups attached to an aromatic ring is 1. The summed E-state index contributed by atoms with van der Waals surface area (Å²) in [6.45, 7) is 2.02. The van der Waals surface area contributed by atoms with Crippen molar-refractivity contribution < 1.29 is 0 Å². The number of hydrogen-bond donors (Lipinski definition) is 2. The third kappa shape index (κ3) is 2.93. The van der Waals surface area contributed by atoms with Crippen LogP contribution in [0.15, 0.2) is 16.7 Å². The molecule has 14 heavy (non-hydrogen) atoms. The number of terminal acetylenes is 1. The van der Waals surface area contributed by atoms with Crippen LogP contribution in [0.2, 0.25) is 0 Å². The average molecular weight is 254 g/mol. The maximum atomic E-state index is 5.56. The van der Waals surface area contributed by atoms with Crippen LogP contribution in [0, 0.1) is 12.3 Å². The minimum Gasteiger partial charge on any atom is -0.384 e. The summed E-state index contributed by atoms with van der Waals surface area (Å²) in [7, 11) is 0. The van der Waals surface area contributed by atoms with Crippen molar-refractivity contribution in [2.75, 3.05) is 11.1 Å². The molecular formula is C10H12BrN3. The average Bonchev–Trinajstić information content (AvgIpc) is 2.12. The first kappa shape index (κ1) is 10.9. The Bertz CT molecular complexity index is 357. The number of aromatic nitrogens is 1. The smallest absolute Gasteiger partial charge is 0.125 e. The van der Waals surface area contributed by atoms with Crippen LogP contribution in [0.25, 0.3) is 0 Å². The van der Waals surface area contributed by atoms with Crippen LogP contribution in [-0.4, -0.2) is 11.0 Å². The molecule has 0 aliphatic heterocycles. The Morgan fingerprint density at radius 2 is 2.50 bits per heavy atom. The van der Waals surface area contributed by atoms with Crippen molar-refractivity contribution in [3.05, 3.63) is 16.7 Å². The lowest BCUT2D eigenvalue weighted by molar-refractivity contribution is 0.827. The first-order valence-corrected chi connectivity index (χ1v) is 5.03. The lowest BCUT2D eigenvalue weighted by Crippen LogP contribution is -2.14. The van der Waals surface area contributed by atoms with E-state index in [-0.39, 0.29) is 6.04 Å². The molecule has 1 rings (SSSR count). The Morgan fingerprint density at radius 1 is 1.79 bits per heavy atom. The maximum absolute atomic E-state index is 5.56. The van der Waals surface area contributed by atoms with Crippen LogP contribution in [0.4, 0.5) is 11.5 Å². The second-order valence-electron chi connectivity index (χ2n) is 3.04. The van der Waals surface area contributed by atoms with Gasteiger partial charge in [-0.15, -0.1) is 12.3 Å². The second kappa shape index (κ2) is 4.87. The van der Waals surface area contributed by atoms with E-state index in [9.17, 15) is 0 Å². The number of halogens is 1. The lowest BCUT2D eigenvalue weighted by Gasteiger charge is -2.13. The van der Waals surface area contributed by atoms with Gasteiger partial charge in [-0.2, -0.15) is 0 Å². The number of rotatable bonds is 3. The number of nitrogens with two attached hydrogens (primary N) is 1. The molecule has 0 saturated carbocycles. The minimum absolute atomic E-state index is 0.220. The van der Waals surface area contributed by atoms with E-state index in [1.54, 1.807) is 12.3 Å². The van der Waals surface area contributed by atoms with E-state index in [0.717, 1.165) is 10.2 Å². The molecule has 0 aliphatic rings. The fourth-order valence-electron chi connectivity index (χ4n) is 1.06. The van der Waals surface area contributed by atoms with E-state index in [0.29, 0.717) is 12.2 Å². The molecule has 1 aromatic rings. The summed E-state index contributed by atoms with van der Waals surface area (Å²) in [5.74, 6) is 3.09. The van der Waals surface area contributed by atoms with Crippen LogP contribution in [0.5, 0.6) is 0 Å². The number of nitrogens with zero attached hydrogens (tertiary/aromatic N) is 1. The highest BCUT2D eigenvalue weighted by Gasteiger charge is 2.04. The second-order valence-corrected chi connectivity index (χ2v) is 3.90. The molecule has 4 heteroatoms. The summed E-state index contributed by atoms with van der Waals surface area (Å²) in [6, 6.07) is 2.00. The quantitative estimate of drug-likeness (QED) is 0.813. The van der Waals surface area contributed by atoms with Crippen LogP contribution >= 0.6 is 15.9 Å². The molecule has 3 nitrogen and oxygen atoms in total. The number of hydrogen-bond acceptors (Lipinski definition) is 3. The molecule has 0 aliphatic carbocycles. The predicted octanol–water partition coefficient (Wildman–Crippen LogP) is 2.25. The third-order valence-electron chi connectivity index (χ3n) is 1.70. The molecule has 0 amide bonds. The Hall–Kier alpha value is -1.21. The van der Waals surface area contributed by atoms with Crippen LogP contribution < -0.4 is 11.1 Å². The summed E-state index contributed by atoms with van der Waals surface area (Å²) >= 11 is 3.38. The van der Waals surface area contributed by atoms with E-state index in [4.69, 9.17) is 12.2 Å². The molecule has 0 bridgehead atoms. The van der Waals surface area contributed by atoms with Gasteiger partial charge in [0.25, 0.3) is 0 Å². The summed E-state index contributed by atoms with van der Waals surface area (Å²) in [5, 5.41) is 3.24. The fraction of sp³-hybridized carbons (Fsp3) is 0.300. The van der Waals surface area contributed by atoms with Crippen molar-refractivity contribution in [1.82, 2.24) is 4.98 Å². The van der Waals surface area contributed by atoms with Gasteiger partial charge in [0.2, 0.25) is 0 Å². The molecule has 0 saturated heterocycles. The van der Waals surface area contributed by atoms with Crippen LogP contribution in [0.3, 0.4) is 0 Å². The third-order valence-corrected chi connectivity index (χ3v) is 2.33. The zero-order valence-corrected chi connectivity index (χ0v) is 9.51. The van der Waals surface area contributed by atoms with Gasteiger partial charge in [-0.1, -0.05) is 0 Å². The zero-order valence-electron chi connectivity index (χ0n) is 7.92. The molecular weight excluding hydrogens is 242 g/mol. The highest BCUT2D eigenvalue weighted by Crippen LogP contribution is 2.23. The van der Waals surface area contributed by atoms with Crippen molar-refractivity contribution >= 4 is 27.4 Å². The SMILES string of the molecule is C#CCC(C)Nc1cc(N)ncc1Br. The number of nitrogens with one attached hydrogen (secondary N) is 1. The van der Waals surface area contributed by atoms with Gasteiger partial charge in [0, 0.05) is 24.7 Å². The topological polar surface area (TPSA) is 50.9 Å². The van der Waals surface area contributed by atoms with Gasteiger partial charge in [0.05, 0.1) is 10.2 Å². The van der Waals surface area contributed by atoms with Crippen molar-refractivity contribution in [3.8, 4) is 12.3 Å². The van der Waals surface area contributed by atoms with Gasteiger partial charge in [-0.3, -0.25) is 0 Å². The number of pyridine rings is 1. The van der Waals surface area contributed by atoms with Crippen molar-refractivity contribution in [2.45, 2.75) is 19.4 Å².